The largest absolute Gasteiger partial charge is 0.467 e. The molecule has 1 amide bonds. The molecular weight excluding hydrogens is 212 g/mol. The van der Waals surface area contributed by atoms with E-state index in [1.807, 2.05) is 26.0 Å². The molecule has 0 radical (unpaired) electrons. The Kier molecular flexibility index (Phi) is 2.56. The van der Waals surface area contributed by atoms with Crippen LogP contribution in [0, 0.1) is 0 Å². The molecule has 1 aromatic rings. The summed E-state index contributed by atoms with van der Waals surface area (Å²) in [6.07, 6.45) is 1.61. The maximum Gasteiger partial charge on any atom is 0.242 e. The molecule has 5 heteroatoms. The van der Waals surface area contributed by atoms with Gasteiger partial charge in [0.2, 0.25) is 5.91 Å². The molecule has 15 heavy (non-hydrogen) atoms. The topological polar surface area (TPSA) is 54.6 Å². The van der Waals surface area contributed by atoms with E-state index in [0.29, 0.717) is 11.7 Å². The number of carbonyl (C=O) groups is 1. The van der Waals surface area contributed by atoms with Gasteiger partial charge in [-0.05, 0) is 26.0 Å². The van der Waals surface area contributed by atoms with Crippen LogP contribution >= 0.6 is 11.8 Å². The zero-order valence-corrected chi connectivity index (χ0v) is 9.43. The molecule has 0 atom stereocenters. The lowest BCUT2D eigenvalue weighted by molar-refractivity contribution is -0.120. The number of furan rings is 1. The second-order valence-corrected chi connectivity index (χ2v) is 5.38. The summed E-state index contributed by atoms with van der Waals surface area (Å²) in [5, 5.41) is 3.41. The lowest BCUT2D eigenvalue weighted by Crippen LogP contribution is -2.30. The van der Waals surface area contributed by atoms with Crippen LogP contribution in [0.4, 0.5) is 0 Å². The Morgan fingerprint density at radius 1 is 1.60 bits per heavy atom. The Morgan fingerprint density at radius 2 is 2.40 bits per heavy atom. The van der Waals surface area contributed by atoms with E-state index in [1.165, 1.54) is 11.8 Å². The third-order valence-electron chi connectivity index (χ3n) is 2.08. The molecule has 0 bridgehead atoms. The number of amidine groups is 1. The van der Waals surface area contributed by atoms with Crippen LogP contribution < -0.4 is 5.32 Å². The quantitative estimate of drug-likeness (QED) is 0.833. The molecule has 0 spiro atoms. The van der Waals surface area contributed by atoms with Gasteiger partial charge in [0.05, 0.1) is 17.6 Å². The first-order valence-electron chi connectivity index (χ1n) is 4.65. The number of nitrogens with one attached hydrogen (secondary N) is 1. The van der Waals surface area contributed by atoms with Gasteiger partial charge >= 0.3 is 0 Å². The minimum atomic E-state index is -0.415. The Bertz CT molecular complexity index is 396. The molecule has 0 saturated carbocycles. The summed E-state index contributed by atoms with van der Waals surface area (Å²) in [6, 6.07) is 3.68. The average molecular weight is 224 g/mol. The van der Waals surface area contributed by atoms with Crippen LogP contribution in [0.15, 0.2) is 27.8 Å². The van der Waals surface area contributed by atoms with E-state index in [9.17, 15) is 4.79 Å². The van der Waals surface area contributed by atoms with Gasteiger partial charge in [-0.3, -0.25) is 9.79 Å². The predicted molar refractivity (Wildman–Crippen MR) is 59.7 cm³/mol. The fraction of sp³-hybridized carbons (Fsp3) is 0.400. The third-order valence-corrected chi connectivity index (χ3v) is 3.20. The number of thioether (sulfide) groups is 1. The molecule has 1 aromatic heterocycles. The summed E-state index contributed by atoms with van der Waals surface area (Å²) in [7, 11) is 0. The summed E-state index contributed by atoms with van der Waals surface area (Å²) in [4.78, 5) is 15.7. The molecular formula is C10H12N2O2S. The number of amides is 1. The van der Waals surface area contributed by atoms with Crippen LogP contribution in [0.3, 0.4) is 0 Å². The van der Waals surface area contributed by atoms with Crippen LogP contribution in [0.5, 0.6) is 0 Å². The smallest absolute Gasteiger partial charge is 0.242 e. The summed E-state index contributed by atoms with van der Waals surface area (Å²) in [6.45, 7) is 4.22. The van der Waals surface area contributed by atoms with Crippen molar-refractivity contribution >= 4 is 22.8 Å². The minimum Gasteiger partial charge on any atom is -0.467 e. The van der Waals surface area contributed by atoms with Gasteiger partial charge in [-0.2, -0.15) is 0 Å². The molecule has 0 aliphatic carbocycles. The van der Waals surface area contributed by atoms with Gasteiger partial charge in [0.25, 0.3) is 0 Å². The van der Waals surface area contributed by atoms with Crippen molar-refractivity contribution in [3.05, 3.63) is 24.2 Å². The van der Waals surface area contributed by atoms with Crippen molar-refractivity contribution in [2.45, 2.75) is 25.1 Å². The highest BCUT2D eigenvalue weighted by molar-refractivity contribution is 8.16. The Hall–Kier alpha value is -1.23. The summed E-state index contributed by atoms with van der Waals surface area (Å²) < 4.78 is 4.73. The molecule has 2 rings (SSSR count). The fourth-order valence-corrected chi connectivity index (χ4v) is 2.09. The van der Waals surface area contributed by atoms with Gasteiger partial charge in [0, 0.05) is 0 Å². The Labute approximate surface area is 92.1 Å². The van der Waals surface area contributed by atoms with Crippen LogP contribution in [0.25, 0.3) is 0 Å². The first-order valence-corrected chi connectivity index (χ1v) is 5.47. The molecule has 1 saturated heterocycles. The van der Waals surface area contributed by atoms with E-state index in [0.717, 1.165) is 5.76 Å². The number of nitrogens with zero attached hydrogens (tertiary/aromatic N) is 1. The number of hydrogen-bond acceptors (Lipinski definition) is 4. The van der Waals surface area contributed by atoms with Gasteiger partial charge in [0.15, 0.2) is 5.17 Å². The lowest BCUT2D eigenvalue weighted by Gasteiger charge is -2.08. The maximum absolute atomic E-state index is 11.4. The SMILES string of the molecule is CC1(C)SC(=NCc2ccco2)NC1=O. The molecule has 0 aromatic carbocycles. The molecule has 1 aliphatic rings. The highest BCUT2D eigenvalue weighted by Crippen LogP contribution is 2.30. The predicted octanol–water partition coefficient (Wildman–Crippen LogP) is 1.78. The summed E-state index contributed by atoms with van der Waals surface area (Å²) >= 11 is 1.45. The number of rotatable bonds is 2. The molecule has 2 heterocycles. The van der Waals surface area contributed by atoms with Crippen LogP contribution in [-0.2, 0) is 11.3 Å². The van der Waals surface area contributed by atoms with E-state index in [-0.39, 0.29) is 5.91 Å². The van der Waals surface area contributed by atoms with Crippen molar-refractivity contribution in [1.82, 2.24) is 5.32 Å². The van der Waals surface area contributed by atoms with E-state index in [4.69, 9.17) is 4.42 Å². The van der Waals surface area contributed by atoms with E-state index >= 15 is 0 Å². The highest BCUT2D eigenvalue weighted by Gasteiger charge is 2.37. The Morgan fingerprint density at radius 3 is 2.93 bits per heavy atom. The zero-order valence-electron chi connectivity index (χ0n) is 8.61. The minimum absolute atomic E-state index is 0.00527. The normalized spacial score (nSPS) is 22.0. The van der Waals surface area contributed by atoms with Crippen LogP contribution in [-0.4, -0.2) is 15.8 Å². The molecule has 0 unspecified atom stereocenters. The van der Waals surface area contributed by atoms with Gasteiger partial charge < -0.3 is 9.73 Å². The second kappa shape index (κ2) is 3.73. The number of carbonyl (C=O) groups excluding carboxylic acids is 1. The standard InChI is InChI=1S/C10H12N2O2S/c1-10(2)8(13)12-9(15-10)11-6-7-4-3-5-14-7/h3-5H,6H2,1-2H3,(H,11,12,13). The fourth-order valence-electron chi connectivity index (χ4n) is 1.19. The maximum atomic E-state index is 11.4. The first kappa shape index (κ1) is 10.3. The molecule has 1 fully saturated rings. The molecule has 1 N–H and O–H groups in total. The zero-order chi connectivity index (χ0) is 10.9. The number of hydrogen-bond donors (Lipinski definition) is 1. The summed E-state index contributed by atoms with van der Waals surface area (Å²) in [5.41, 5.74) is 0. The van der Waals surface area contributed by atoms with Crippen molar-refractivity contribution in [2.75, 3.05) is 0 Å². The van der Waals surface area contributed by atoms with Gasteiger partial charge in [-0.1, -0.05) is 11.8 Å². The van der Waals surface area contributed by atoms with Gasteiger partial charge in [-0.25, -0.2) is 0 Å². The molecule has 80 valence electrons. The summed E-state index contributed by atoms with van der Waals surface area (Å²) in [5.74, 6) is 0.799. The molecule has 4 nitrogen and oxygen atoms in total. The first-order chi connectivity index (χ1) is 7.08. The number of aliphatic imine (C=N–C) groups is 1. The monoisotopic (exact) mass is 224 g/mol. The van der Waals surface area contributed by atoms with Crippen molar-refractivity contribution in [1.29, 1.82) is 0 Å². The molecule has 1 aliphatic heterocycles. The van der Waals surface area contributed by atoms with Gasteiger partial charge in [0.1, 0.15) is 5.76 Å². The van der Waals surface area contributed by atoms with Gasteiger partial charge in [-0.15, -0.1) is 0 Å². The average Bonchev–Trinajstić information content (AvgIpc) is 2.72. The lowest BCUT2D eigenvalue weighted by atomic mass is 10.2. The second-order valence-electron chi connectivity index (χ2n) is 3.77. The Balaban J connectivity index is 2.02. The highest BCUT2D eigenvalue weighted by atomic mass is 32.2. The van der Waals surface area contributed by atoms with Crippen LogP contribution in [0.2, 0.25) is 0 Å². The van der Waals surface area contributed by atoms with Crippen molar-refractivity contribution in [3.63, 3.8) is 0 Å². The third kappa shape index (κ3) is 2.23. The van der Waals surface area contributed by atoms with Crippen molar-refractivity contribution < 1.29 is 9.21 Å². The van der Waals surface area contributed by atoms with Crippen LogP contribution in [0.1, 0.15) is 19.6 Å². The van der Waals surface area contributed by atoms with Crippen molar-refractivity contribution in [2.24, 2.45) is 4.99 Å². The van der Waals surface area contributed by atoms with E-state index in [2.05, 4.69) is 10.3 Å². The van der Waals surface area contributed by atoms with Crippen molar-refractivity contribution in [3.8, 4) is 0 Å². The van der Waals surface area contributed by atoms with E-state index < -0.39 is 4.75 Å². The van der Waals surface area contributed by atoms with E-state index in [1.54, 1.807) is 6.26 Å².